The van der Waals surface area contributed by atoms with Gasteiger partial charge in [0.25, 0.3) is 5.91 Å². The summed E-state index contributed by atoms with van der Waals surface area (Å²) in [5.41, 5.74) is 0.630. The van der Waals surface area contributed by atoms with Gasteiger partial charge < -0.3 is 14.9 Å². The van der Waals surface area contributed by atoms with Crippen LogP contribution in [0.5, 0.6) is 0 Å². The second-order valence-corrected chi connectivity index (χ2v) is 3.21. The minimum Gasteiger partial charge on any atom is -0.384 e. The lowest BCUT2D eigenvalue weighted by Gasteiger charge is -2.01. The van der Waals surface area contributed by atoms with Gasteiger partial charge in [0.2, 0.25) is 0 Å². The summed E-state index contributed by atoms with van der Waals surface area (Å²) in [5, 5.41) is 14.6. The summed E-state index contributed by atoms with van der Waals surface area (Å²) in [4.78, 5) is 15.7. The van der Waals surface area contributed by atoms with Crippen molar-refractivity contribution in [3.63, 3.8) is 0 Å². The molecule has 0 saturated heterocycles. The number of aliphatic hydroxyl groups is 1. The maximum absolute atomic E-state index is 11.7. The molecule has 0 aliphatic rings. The lowest BCUT2D eigenvalue weighted by atomic mass is 10.3. The zero-order valence-corrected chi connectivity index (χ0v) is 9.25. The Hall–Kier alpha value is -2.65. The van der Waals surface area contributed by atoms with Crippen molar-refractivity contribution in [1.29, 1.82) is 0 Å². The molecule has 2 rings (SSSR count). The van der Waals surface area contributed by atoms with Gasteiger partial charge in [0.05, 0.1) is 0 Å². The summed E-state index contributed by atoms with van der Waals surface area (Å²) < 4.78 is 4.57. The third-order valence-corrected chi connectivity index (χ3v) is 1.96. The molecule has 2 aromatic heterocycles. The number of amides is 1. The fraction of sp³-hybridized carbons (Fsp3) is 0.0833. The van der Waals surface area contributed by atoms with E-state index in [0.29, 0.717) is 11.5 Å². The SMILES string of the molecule is O=C(Nc1cccc(C#CCO)n1)c1ccon1. The molecule has 2 N–H and O–H groups in total. The van der Waals surface area contributed by atoms with E-state index in [1.807, 2.05) is 0 Å². The van der Waals surface area contributed by atoms with Gasteiger partial charge in [-0.05, 0) is 18.1 Å². The van der Waals surface area contributed by atoms with E-state index in [4.69, 9.17) is 5.11 Å². The number of nitrogens with zero attached hydrogens (tertiary/aromatic N) is 2. The average molecular weight is 243 g/mol. The summed E-state index contributed by atoms with van der Waals surface area (Å²) in [6.45, 7) is -0.239. The molecular formula is C12H9N3O3. The van der Waals surface area contributed by atoms with Gasteiger partial charge in [-0.15, -0.1) is 0 Å². The minimum absolute atomic E-state index is 0.170. The summed E-state index contributed by atoms with van der Waals surface area (Å²) >= 11 is 0. The number of carbonyl (C=O) groups is 1. The van der Waals surface area contributed by atoms with Crippen molar-refractivity contribution in [3.05, 3.63) is 41.9 Å². The number of carbonyl (C=O) groups excluding carboxylic acids is 1. The summed E-state index contributed by atoms with van der Waals surface area (Å²) in [5.74, 6) is 5.06. The first-order valence-electron chi connectivity index (χ1n) is 5.08. The highest BCUT2D eigenvalue weighted by atomic mass is 16.5. The standard InChI is InChI=1S/C12H9N3O3/c16-7-2-4-9-3-1-5-11(13-9)14-12(17)10-6-8-18-15-10/h1,3,5-6,8,16H,7H2,(H,13,14,17). The Morgan fingerprint density at radius 2 is 2.33 bits per heavy atom. The lowest BCUT2D eigenvalue weighted by molar-refractivity contribution is 0.101. The molecule has 90 valence electrons. The van der Waals surface area contributed by atoms with Gasteiger partial charge in [-0.3, -0.25) is 4.79 Å². The van der Waals surface area contributed by atoms with E-state index >= 15 is 0 Å². The van der Waals surface area contributed by atoms with Crippen LogP contribution in [0, 0.1) is 11.8 Å². The number of aromatic nitrogens is 2. The molecule has 0 spiro atoms. The van der Waals surface area contributed by atoms with Crippen LogP contribution in [0.2, 0.25) is 0 Å². The Balaban J connectivity index is 2.12. The minimum atomic E-state index is -0.413. The van der Waals surface area contributed by atoms with Crippen LogP contribution < -0.4 is 5.32 Å². The molecule has 0 atom stereocenters. The Morgan fingerprint density at radius 1 is 1.44 bits per heavy atom. The van der Waals surface area contributed by atoms with Gasteiger partial charge >= 0.3 is 0 Å². The first kappa shape index (κ1) is 11.8. The van der Waals surface area contributed by atoms with Crippen molar-refractivity contribution in [2.75, 3.05) is 11.9 Å². The van der Waals surface area contributed by atoms with Gasteiger partial charge in [-0.1, -0.05) is 17.1 Å². The number of hydrogen-bond acceptors (Lipinski definition) is 5. The van der Waals surface area contributed by atoms with Crippen LogP contribution in [0.1, 0.15) is 16.2 Å². The molecule has 0 saturated carbocycles. The van der Waals surface area contributed by atoms with E-state index in [0.717, 1.165) is 0 Å². The van der Waals surface area contributed by atoms with Crippen LogP contribution in [0.15, 0.2) is 35.1 Å². The first-order chi connectivity index (χ1) is 8.79. The molecule has 0 aromatic carbocycles. The largest absolute Gasteiger partial charge is 0.384 e. The van der Waals surface area contributed by atoms with Crippen LogP contribution in [-0.2, 0) is 0 Å². The van der Waals surface area contributed by atoms with Crippen LogP contribution in [-0.4, -0.2) is 27.8 Å². The Morgan fingerprint density at radius 3 is 3.06 bits per heavy atom. The molecular weight excluding hydrogens is 234 g/mol. The number of nitrogens with one attached hydrogen (secondary N) is 1. The predicted molar refractivity (Wildman–Crippen MR) is 62.7 cm³/mol. The number of pyridine rings is 1. The van der Waals surface area contributed by atoms with Crippen LogP contribution >= 0.6 is 0 Å². The smallest absolute Gasteiger partial charge is 0.278 e. The molecule has 0 unspecified atom stereocenters. The zero-order chi connectivity index (χ0) is 12.8. The summed E-state index contributed by atoms with van der Waals surface area (Å²) in [6.07, 6.45) is 1.31. The van der Waals surface area contributed by atoms with Crippen LogP contribution in [0.4, 0.5) is 5.82 Å². The van der Waals surface area contributed by atoms with Crippen molar-refractivity contribution in [3.8, 4) is 11.8 Å². The number of rotatable bonds is 2. The number of aliphatic hydroxyl groups excluding tert-OH is 1. The monoisotopic (exact) mass is 243 g/mol. The van der Waals surface area contributed by atoms with Crippen molar-refractivity contribution in [2.45, 2.75) is 0 Å². The van der Waals surface area contributed by atoms with Crippen LogP contribution in [0.25, 0.3) is 0 Å². The van der Waals surface area contributed by atoms with E-state index in [9.17, 15) is 4.79 Å². The molecule has 0 bridgehead atoms. The molecule has 0 aliphatic carbocycles. The van der Waals surface area contributed by atoms with E-state index in [1.54, 1.807) is 18.2 Å². The van der Waals surface area contributed by atoms with Gasteiger partial charge in [-0.25, -0.2) is 4.98 Å². The van der Waals surface area contributed by atoms with Crippen molar-refractivity contribution < 1.29 is 14.4 Å². The van der Waals surface area contributed by atoms with E-state index in [1.165, 1.54) is 12.3 Å². The third-order valence-electron chi connectivity index (χ3n) is 1.96. The highest BCUT2D eigenvalue weighted by Crippen LogP contribution is 2.06. The second-order valence-electron chi connectivity index (χ2n) is 3.21. The fourth-order valence-electron chi connectivity index (χ4n) is 1.21. The first-order valence-corrected chi connectivity index (χ1v) is 5.08. The molecule has 6 heteroatoms. The molecule has 0 fully saturated rings. The van der Waals surface area contributed by atoms with Gasteiger partial charge in [-0.2, -0.15) is 0 Å². The van der Waals surface area contributed by atoms with Gasteiger partial charge in [0.1, 0.15) is 24.4 Å². The molecule has 18 heavy (non-hydrogen) atoms. The van der Waals surface area contributed by atoms with Crippen LogP contribution in [0.3, 0.4) is 0 Å². The maximum atomic E-state index is 11.7. The number of anilines is 1. The van der Waals surface area contributed by atoms with Crippen molar-refractivity contribution in [2.24, 2.45) is 0 Å². The Bertz CT molecular complexity index is 597. The van der Waals surface area contributed by atoms with Crippen molar-refractivity contribution in [1.82, 2.24) is 10.1 Å². The highest BCUT2D eigenvalue weighted by Gasteiger charge is 2.09. The zero-order valence-electron chi connectivity index (χ0n) is 9.25. The predicted octanol–water partition coefficient (Wildman–Crippen LogP) is 0.666. The van der Waals surface area contributed by atoms with Gasteiger partial charge in [0, 0.05) is 6.07 Å². The fourth-order valence-corrected chi connectivity index (χ4v) is 1.21. The molecule has 0 radical (unpaired) electrons. The summed E-state index contributed by atoms with van der Waals surface area (Å²) in [6, 6.07) is 6.45. The molecule has 1 amide bonds. The lowest BCUT2D eigenvalue weighted by Crippen LogP contribution is -2.13. The summed E-state index contributed by atoms with van der Waals surface area (Å²) in [7, 11) is 0. The van der Waals surface area contributed by atoms with Crippen molar-refractivity contribution >= 4 is 11.7 Å². The maximum Gasteiger partial charge on any atom is 0.278 e. The normalized spacial score (nSPS) is 9.39. The second kappa shape index (κ2) is 5.61. The molecule has 0 aliphatic heterocycles. The topological polar surface area (TPSA) is 88.2 Å². The van der Waals surface area contributed by atoms with E-state index in [-0.39, 0.29) is 12.3 Å². The molecule has 2 heterocycles. The molecule has 6 nitrogen and oxygen atoms in total. The van der Waals surface area contributed by atoms with Gasteiger partial charge in [0.15, 0.2) is 5.69 Å². The quantitative estimate of drug-likeness (QED) is 0.757. The highest BCUT2D eigenvalue weighted by molar-refractivity contribution is 6.02. The van der Waals surface area contributed by atoms with E-state index in [2.05, 4.69) is 31.8 Å². The Labute approximate surface area is 103 Å². The Kier molecular flexibility index (Phi) is 3.69. The molecule has 2 aromatic rings. The average Bonchev–Trinajstić information content (AvgIpc) is 2.91. The third kappa shape index (κ3) is 2.93. The van der Waals surface area contributed by atoms with E-state index < -0.39 is 5.91 Å². The number of hydrogen-bond donors (Lipinski definition) is 2.